The van der Waals surface area contributed by atoms with E-state index in [1.807, 2.05) is 56.3 Å². The molecule has 1 aromatic heterocycles. The van der Waals surface area contributed by atoms with Gasteiger partial charge in [-0.25, -0.2) is 0 Å². The number of amides is 1. The molecule has 0 radical (unpaired) electrons. The zero-order valence-corrected chi connectivity index (χ0v) is 33.0. The van der Waals surface area contributed by atoms with Gasteiger partial charge in [0.05, 0.1) is 35.3 Å². The predicted octanol–water partition coefficient (Wildman–Crippen LogP) is 5.70. The van der Waals surface area contributed by atoms with Crippen LogP contribution in [-0.2, 0) is 24.6 Å². The highest BCUT2D eigenvalue weighted by molar-refractivity contribution is 6.32. The van der Waals surface area contributed by atoms with Crippen LogP contribution in [0.3, 0.4) is 0 Å². The van der Waals surface area contributed by atoms with Gasteiger partial charge in [0.15, 0.2) is 0 Å². The highest BCUT2D eigenvalue weighted by atomic mass is 35.5. The van der Waals surface area contributed by atoms with Gasteiger partial charge in [-0.1, -0.05) is 54.1 Å². The number of nitrogens with zero attached hydrogens (tertiary/aromatic N) is 2. The lowest BCUT2D eigenvalue weighted by Crippen LogP contribution is -2.28. The second-order valence-electron chi connectivity index (χ2n) is 13.5. The number of aliphatic carboxylic acids is 1. The van der Waals surface area contributed by atoms with Gasteiger partial charge in [0.25, 0.3) is 5.91 Å². The lowest BCUT2D eigenvalue weighted by molar-refractivity contribution is -0.139. The second-order valence-corrected chi connectivity index (χ2v) is 13.9. The summed E-state index contributed by atoms with van der Waals surface area (Å²) in [6.45, 7) is 5.87. The van der Waals surface area contributed by atoms with Crippen LogP contribution in [0.4, 0.5) is 0 Å². The zero-order valence-electron chi connectivity index (χ0n) is 32.3. The summed E-state index contributed by atoms with van der Waals surface area (Å²) in [7, 11) is 0. The molecule has 0 aliphatic heterocycles. The highest BCUT2D eigenvalue weighted by Crippen LogP contribution is 2.37. The van der Waals surface area contributed by atoms with E-state index in [4.69, 9.17) is 41.8 Å². The van der Waals surface area contributed by atoms with Crippen molar-refractivity contribution in [3.8, 4) is 45.6 Å². The first-order valence-electron chi connectivity index (χ1n) is 18.6. The van der Waals surface area contributed by atoms with E-state index in [0.29, 0.717) is 58.7 Å². The van der Waals surface area contributed by atoms with Gasteiger partial charge in [0.1, 0.15) is 43.1 Å². The Balaban J connectivity index is 1.37. The summed E-state index contributed by atoms with van der Waals surface area (Å²) in [6, 6.07) is 24.5. The molecule has 302 valence electrons. The normalized spacial score (nSPS) is 11.4. The van der Waals surface area contributed by atoms with Gasteiger partial charge in [-0.3, -0.25) is 14.6 Å². The number of ether oxygens (including phenoxy) is 3. The van der Waals surface area contributed by atoms with Gasteiger partial charge < -0.3 is 45.9 Å². The number of rotatable bonds is 21. The van der Waals surface area contributed by atoms with Crippen LogP contribution in [0.1, 0.15) is 50.2 Å². The molecule has 1 atom stereocenters. The van der Waals surface area contributed by atoms with E-state index in [9.17, 15) is 20.0 Å². The molecule has 0 saturated carbocycles. The molecule has 0 aliphatic carbocycles. The van der Waals surface area contributed by atoms with E-state index in [1.165, 1.54) is 6.20 Å². The number of carbonyl (C=O) groups excluding carboxylic acids is 1. The van der Waals surface area contributed by atoms with E-state index in [0.717, 1.165) is 38.9 Å². The molecule has 5 rings (SSSR count). The largest absolute Gasteiger partial charge is 0.491 e. The van der Waals surface area contributed by atoms with Crippen LogP contribution in [-0.4, -0.2) is 71.1 Å². The Morgan fingerprint density at radius 2 is 1.60 bits per heavy atom. The van der Waals surface area contributed by atoms with E-state index in [2.05, 4.69) is 21.7 Å². The molecule has 0 spiro atoms. The van der Waals surface area contributed by atoms with Crippen LogP contribution < -0.4 is 30.6 Å². The molecule has 4 aromatic carbocycles. The van der Waals surface area contributed by atoms with Gasteiger partial charge in [-0.15, -0.1) is 0 Å². The van der Waals surface area contributed by atoms with Crippen molar-refractivity contribution >= 4 is 23.5 Å². The van der Waals surface area contributed by atoms with Crippen LogP contribution in [0.15, 0.2) is 85.2 Å². The number of nitrogens with one attached hydrogen (secondary N) is 2. The highest BCUT2D eigenvalue weighted by Gasteiger charge is 2.18. The Morgan fingerprint density at radius 1 is 0.862 bits per heavy atom. The van der Waals surface area contributed by atoms with E-state index < -0.39 is 24.4 Å². The van der Waals surface area contributed by atoms with Crippen LogP contribution >= 0.6 is 11.6 Å². The first kappa shape index (κ1) is 43.1. The summed E-state index contributed by atoms with van der Waals surface area (Å²) >= 11 is 6.75. The van der Waals surface area contributed by atoms with Crippen molar-refractivity contribution in [2.45, 2.75) is 46.1 Å². The molecule has 13 nitrogen and oxygen atoms in total. The number of halogens is 1. The zero-order chi connectivity index (χ0) is 41.6. The first-order valence-corrected chi connectivity index (χ1v) is 19.0. The first-order chi connectivity index (χ1) is 28.0. The average Bonchev–Trinajstić information content (AvgIpc) is 3.20. The van der Waals surface area contributed by atoms with Crippen LogP contribution in [0.2, 0.25) is 5.02 Å². The third kappa shape index (κ3) is 11.5. The summed E-state index contributed by atoms with van der Waals surface area (Å²) in [4.78, 5) is 27.6. The lowest BCUT2D eigenvalue weighted by Gasteiger charge is -2.19. The summed E-state index contributed by atoms with van der Waals surface area (Å²) in [5.74, 6) is -0.501. The smallest absolute Gasteiger partial charge is 0.306 e. The fraction of sp³-hybridized carbons (Fsp3) is 0.273. The number of carboxylic acid groups (broad SMARTS) is 1. The molecule has 0 bridgehead atoms. The minimum absolute atomic E-state index is 0.0208. The molecule has 58 heavy (non-hydrogen) atoms. The van der Waals surface area contributed by atoms with E-state index in [1.54, 1.807) is 36.5 Å². The van der Waals surface area contributed by atoms with Crippen LogP contribution in [0.25, 0.3) is 22.3 Å². The fourth-order valence-electron chi connectivity index (χ4n) is 6.38. The lowest BCUT2D eigenvalue weighted by atomic mass is 9.89. The van der Waals surface area contributed by atoms with Crippen molar-refractivity contribution in [1.82, 2.24) is 15.6 Å². The van der Waals surface area contributed by atoms with Crippen molar-refractivity contribution < 1.29 is 39.1 Å². The van der Waals surface area contributed by atoms with Crippen LogP contribution in [0.5, 0.6) is 17.2 Å². The molecule has 1 amide bonds. The van der Waals surface area contributed by atoms with Crippen molar-refractivity contribution in [2.24, 2.45) is 5.73 Å². The van der Waals surface area contributed by atoms with Gasteiger partial charge >= 0.3 is 5.97 Å². The number of primary amides is 1. The van der Waals surface area contributed by atoms with Crippen molar-refractivity contribution in [1.29, 1.82) is 5.26 Å². The maximum Gasteiger partial charge on any atom is 0.306 e. The molecule has 14 heteroatoms. The predicted molar refractivity (Wildman–Crippen MR) is 220 cm³/mol. The summed E-state index contributed by atoms with van der Waals surface area (Å²) in [5, 5.41) is 43.7. The number of carboxylic acids is 1. The number of aliphatic hydroxyl groups is 2. The monoisotopic (exact) mass is 807 g/mol. The number of pyridine rings is 1. The third-order valence-corrected chi connectivity index (χ3v) is 9.67. The molecule has 0 unspecified atom stereocenters. The van der Waals surface area contributed by atoms with Gasteiger partial charge in [-0.2, -0.15) is 5.26 Å². The van der Waals surface area contributed by atoms with Crippen LogP contribution in [0, 0.1) is 25.2 Å². The Hall–Kier alpha value is -6.01. The maximum absolute atomic E-state index is 12.4. The van der Waals surface area contributed by atoms with Gasteiger partial charge in [0, 0.05) is 55.8 Å². The molecule has 0 aliphatic rings. The van der Waals surface area contributed by atoms with Crippen molar-refractivity contribution in [3.05, 3.63) is 129 Å². The number of nitrogens with two attached hydrogens (primary N) is 1. The van der Waals surface area contributed by atoms with Crippen molar-refractivity contribution in [2.75, 3.05) is 32.8 Å². The second kappa shape index (κ2) is 20.9. The van der Waals surface area contributed by atoms with Gasteiger partial charge in [0.2, 0.25) is 0 Å². The summed E-state index contributed by atoms with van der Waals surface area (Å²) < 4.78 is 18.3. The molecular weight excluding hydrogens is 762 g/mol. The molecule has 1 heterocycles. The SMILES string of the molecule is Cc1c(COc2cc(OCc3cncc(C#N)c3)c(CNC[C@@H](O)CC(=O)O)cc2Cl)cccc1-c1cccc(-c2ccc(OCCNCCO)c(C(N)=O)c2)c1C. The van der Waals surface area contributed by atoms with Crippen molar-refractivity contribution in [3.63, 3.8) is 0 Å². The summed E-state index contributed by atoms with van der Waals surface area (Å²) in [5.41, 5.74) is 14.4. The number of aromatic nitrogens is 1. The standard InChI is InChI=1S/C44H46ClN5O8/c1-27-32(5-3-7-36(27)37-8-4-6-35(28(37)2)31-9-10-40(38(16-31)44(47)55)56-14-12-48-11-13-51)26-58-42-19-41(57-25-30-15-29(20-46)21-49-22-30)33(17-39(42)45)23-50-24-34(52)18-43(53)54/h3-10,15-17,19,21-22,34,48,50-52H,11-14,18,23-26H2,1-2H3,(H2,47,55)(H,53,54)/t34-/m0/s1. The number of aliphatic hydroxyl groups excluding tert-OH is 2. The van der Waals surface area contributed by atoms with Gasteiger partial charge in [-0.05, 0) is 77.1 Å². The molecule has 0 saturated heterocycles. The number of nitriles is 1. The van der Waals surface area contributed by atoms with E-state index >= 15 is 0 Å². The number of carbonyl (C=O) groups is 2. The van der Waals surface area contributed by atoms with E-state index in [-0.39, 0.29) is 38.5 Å². The maximum atomic E-state index is 12.4. The minimum atomic E-state index is -1.10. The number of hydrogen-bond donors (Lipinski definition) is 6. The molecular formula is C44H46ClN5O8. The topological polar surface area (TPSA) is 209 Å². The Morgan fingerprint density at radius 3 is 2.34 bits per heavy atom. The molecule has 7 N–H and O–H groups in total. The summed E-state index contributed by atoms with van der Waals surface area (Å²) in [6.07, 6.45) is 1.59. The minimum Gasteiger partial charge on any atom is -0.491 e. The Labute approximate surface area is 342 Å². The molecule has 0 fully saturated rings. The number of benzene rings is 4. The third-order valence-electron chi connectivity index (χ3n) is 9.37. The Kier molecular flexibility index (Phi) is 15.6. The Bertz CT molecular complexity index is 2280. The fourth-order valence-corrected chi connectivity index (χ4v) is 6.62. The average molecular weight is 808 g/mol. The number of hydrogen-bond acceptors (Lipinski definition) is 11. The quantitative estimate of drug-likeness (QED) is 0.0494. The molecule has 5 aromatic rings.